The number of aromatic amines is 2. The van der Waals surface area contributed by atoms with E-state index in [9.17, 15) is 64.8 Å². The number of rotatable bonds is 4. The summed E-state index contributed by atoms with van der Waals surface area (Å²) in [4.78, 5) is 63.5. The molecule has 2 unspecified atom stereocenters. The standard InChI is InChI=1S/C12H18N2O9.C10H14N2O8.CH4.Na/c1-13-9(19)12(22,10(20)14(2)11(13)21)8-7(18)6(17)5(16)4(3-15)23-8;13-1-2-4(14)5(15)6(16)7(20-2)3-8(17)11-10(19)12-9(3)18;;/h4-8,15-18,22H,3H2,1-2H3;2,4-7,13-16H,1H2,(H3,11,12,17,18,19);1H4;/q;;;+1/t4-,5-,6+,7-,8?;2-,4-,5+,6-,7?;;/m11../s1. The Bertz CT molecular complexity index is 1310. The number of nitrogens with zero attached hydrogens (tertiary/aromatic N) is 2. The zero-order valence-corrected chi connectivity index (χ0v) is 25.4. The Balaban J connectivity index is 0.000000434. The van der Waals surface area contributed by atoms with E-state index in [4.69, 9.17) is 19.7 Å². The van der Waals surface area contributed by atoms with E-state index >= 15 is 0 Å². The van der Waals surface area contributed by atoms with E-state index in [-0.39, 0.29) is 37.0 Å². The number of carbonyl (C=O) groups excluding carboxylic acids is 3. The first-order valence-electron chi connectivity index (χ1n) is 12.4. The third-order valence-electron chi connectivity index (χ3n) is 7.27. The Morgan fingerprint density at radius 3 is 1.62 bits per heavy atom. The fourth-order valence-electron chi connectivity index (χ4n) is 4.78. The molecule has 1 aromatic heterocycles. The van der Waals surface area contributed by atoms with Crippen molar-refractivity contribution in [2.75, 3.05) is 27.3 Å². The monoisotopic (exact) mass is 663 g/mol. The van der Waals surface area contributed by atoms with Gasteiger partial charge in [-0.05, 0) is 0 Å². The molecule has 4 rings (SSSR count). The topological polar surface area (TPSA) is 344 Å². The summed E-state index contributed by atoms with van der Waals surface area (Å²) in [5.41, 5.74) is -5.48. The van der Waals surface area contributed by atoms with Gasteiger partial charge in [0.2, 0.25) is 5.88 Å². The van der Waals surface area contributed by atoms with Gasteiger partial charge in [0.05, 0.1) is 13.2 Å². The quantitative estimate of drug-likeness (QED) is 0.105. The van der Waals surface area contributed by atoms with Crippen molar-refractivity contribution < 1.29 is 104 Å². The summed E-state index contributed by atoms with van der Waals surface area (Å²) in [6, 6.07) is -0.991. The third kappa shape index (κ3) is 7.16. The van der Waals surface area contributed by atoms with Crippen LogP contribution in [0.25, 0.3) is 0 Å². The first-order chi connectivity index (χ1) is 19.9. The maximum atomic E-state index is 12.3. The van der Waals surface area contributed by atoms with E-state index in [0.29, 0.717) is 9.80 Å². The van der Waals surface area contributed by atoms with Gasteiger partial charge in [-0.15, -0.1) is 0 Å². The van der Waals surface area contributed by atoms with Crippen molar-refractivity contribution in [2.45, 2.75) is 74.1 Å². The van der Waals surface area contributed by atoms with Gasteiger partial charge < -0.3 is 60.5 Å². The molecule has 0 bridgehead atoms. The van der Waals surface area contributed by atoms with Crippen LogP contribution in [0.15, 0.2) is 9.59 Å². The number of carbonyl (C=O) groups is 3. The number of amides is 4. The van der Waals surface area contributed by atoms with E-state index in [2.05, 4.69) is 0 Å². The number of aromatic hydroxyl groups is 1. The largest absolute Gasteiger partial charge is 1.00 e. The number of nitrogens with one attached hydrogen (secondary N) is 2. The number of imide groups is 2. The molecule has 21 nitrogen and oxygen atoms in total. The van der Waals surface area contributed by atoms with Crippen molar-refractivity contribution in [3.8, 4) is 5.88 Å². The van der Waals surface area contributed by atoms with E-state index in [1.165, 1.54) is 0 Å². The van der Waals surface area contributed by atoms with Crippen LogP contribution in [0.5, 0.6) is 5.88 Å². The van der Waals surface area contributed by atoms with E-state index in [0.717, 1.165) is 14.1 Å². The fraction of sp³-hybridized carbons (Fsp3) is 0.696. The minimum atomic E-state index is -2.99. The van der Waals surface area contributed by atoms with Crippen LogP contribution in [0.4, 0.5) is 4.79 Å². The summed E-state index contributed by atoms with van der Waals surface area (Å²) in [6.07, 6.45) is -16.8. The zero-order valence-electron chi connectivity index (χ0n) is 23.4. The van der Waals surface area contributed by atoms with Crippen LogP contribution in [0.1, 0.15) is 19.1 Å². The van der Waals surface area contributed by atoms with Crippen LogP contribution in [0, 0.1) is 0 Å². The SMILES string of the molecule is C.CN1C(=O)N(C)C(=O)C(O)(C2O[C@H](CO)[C@@H](O)[C@H](O)[C@H]2O)C1=O.O=c1[nH]c(O)c(C2O[C@H](CO)[C@@H](O)[C@H](O)[C@H]2O)c(=O)[nH]1.[Na+]. The molecule has 3 fully saturated rings. The summed E-state index contributed by atoms with van der Waals surface area (Å²) in [5.74, 6) is -3.53. The molecule has 0 aromatic carbocycles. The second-order valence-corrected chi connectivity index (χ2v) is 9.95. The number of hydrogen-bond donors (Lipinski definition) is 12. The molecule has 0 radical (unpaired) electrons. The van der Waals surface area contributed by atoms with Gasteiger partial charge in [-0.3, -0.25) is 34.2 Å². The third-order valence-corrected chi connectivity index (χ3v) is 7.27. The van der Waals surface area contributed by atoms with Gasteiger partial charge in [-0.1, -0.05) is 7.43 Å². The molecular formula is C23H36N4NaO17+. The molecule has 10 atom stereocenters. The molecule has 0 saturated carbocycles. The van der Waals surface area contributed by atoms with Crippen molar-refractivity contribution in [1.29, 1.82) is 0 Å². The summed E-state index contributed by atoms with van der Waals surface area (Å²) < 4.78 is 10.2. The molecular weight excluding hydrogens is 627 g/mol. The maximum absolute atomic E-state index is 12.3. The van der Waals surface area contributed by atoms with Gasteiger partial charge in [0.15, 0.2) is 0 Å². The van der Waals surface area contributed by atoms with E-state index in [1.807, 2.05) is 9.97 Å². The van der Waals surface area contributed by atoms with Gasteiger partial charge in [0.25, 0.3) is 23.0 Å². The minimum absolute atomic E-state index is 0. The van der Waals surface area contributed by atoms with Crippen LogP contribution in [0.2, 0.25) is 0 Å². The minimum Gasteiger partial charge on any atom is -0.494 e. The molecule has 1 aromatic rings. The normalized spacial score (nSPS) is 34.7. The Hall–Kier alpha value is -2.35. The zero-order chi connectivity index (χ0) is 32.7. The average Bonchev–Trinajstić information content (AvgIpc) is 2.96. The van der Waals surface area contributed by atoms with Crippen LogP contribution < -0.4 is 40.8 Å². The number of barbiturate groups is 1. The summed E-state index contributed by atoms with van der Waals surface area (Å²) in [7, 11) is 2.03. The summed E-state index contributed by atoms with van der Waals surface area (Å²) in [5, 5.41) is 96.8. The maximum Gasteiger partial charge on any atom is 1.00 e. The number of H-pyrrole nitrogens is 2. The molecule has 0 spiro atoms. The molecule has 0 aliphatic carbocycles. The van der Waals surface area contributed by atoms with Gasteiger partial charge in [0, 0.05) is 14.1 Å². The summed E-state index contributed by atoms with van der Waals surface area (Å²) >= 11 is 0. The van der Waals surface area contributed by atoms with Crippen LogP contribution in [-0.4, -0.2) is 177 Å². The Kier molecular flexibility index (Phi) is 14.0. The predicted octanol–water partition coefficient (Wildman–Crippen LogP) is -10.5. The molecule has 4 amide bonds. The Morgan fingerprint density at radius 2 is 1.18 bits per heavy atom. The second kappa shape index (κ2) is 15.5. The van der Waals surface area contributed by atoms with Gasteiger partial charge >= 0.3 is 41.3 Å². The van der Waals surface area contributed by atoms with Gasteiger partial charge in [0.1, 0.15) is 66.6 Å². The predicted molar refractivity (Wildman–Crippen MR) is 138 cm³/mol. The smallest absolute Gasteiger partial charge is 0.494 e. The van der Waals surface area contributed by atoms with Gasteiger partial charge in [-0.25, -0.2) is 9.59 Å². The van der Waals surface area contributed by atoms with Crippen molar-refractivity contribution in [3.05, 3.63) is 26.4 Å². The van der Waals surface area contributed by atoms with Crippen LogP contribution >= 0.6 is 0 Å². The Labute approximate surface area is 275 Å². The number of hydrogen-bond acceptors (Lipinski definition) is 17. The molecule has 3 aliphatic rings. The van der Waals surface area contributed by atoms with E-state index < -0.39 is 120 Å². The number of urea groups is 1. The molecule has 3 saturated heterocycles. The van der Waals surface area contributed by atoms with E-state index in [1.54, 1.807) is 0 Å². The first-order valence-corrected chi connectivity index (χ1v) is 12.4. The van der Waals surface area contributed by atoms with Crippen molar-refractivity contribution in [3.63, 3.8) is 0 Å². The molecule has 3 aliphatic heterocycles. The fourth-order valence-corrected chi connectivity index (χ4v) is 4.78. The Morgan fingerprint density at radius 1 is 0.733 bits per heavy atom. The van der Waals surface area contributed by atoms with Gasteiger partial charge in [-0.2, -0.15) is 0 Å². The number of aliphatic hydroxyl groups is 9. The molecule has 12 N–H and O–H groups in total. The molecule has 4 heterocycles. The number of aromatic nitrogens is 2. The number of likely N-dealkylation sites (N-methyl/N-ethyl adjacent to an activating group) is 2. The van der Waals surface area contributed by atoms with Crippen molar-refractivity contribution in [1.82, 2.24) is 19.8 Å². The van der Waals surface area contributed by atoms with Crippen LogP contribution in [-0.2, 0) is 19.1 Å². The molecule has 45 heavy (non-hydrogen) atoms. The second-order valence-electron chi connectivity index (χ2n) is 9.95. The molecule has 250 valence electrons. The van der Waals surface area contributed by atoms with Crippen molar-refractivity contribution in [2.24, 2.45) is 0 Å². The number of ether oxygens (including phenoxy) is 2. The first kappa shape index (κ1) is 40.7. The average molecular weight is 664 g/mol. The molecule has 22 heteroatoms. The number of aliphatic hydroxyl groups excluding tert-OH is 8. The summed E-state index contributed by atoms with van der Waals surface area (Å²) in [6.45, 7) is -1.48. The van der Waals surface area contributed by atoms with Crippen LogP contribution in [0.3, 0.4) is 0 Å². The van der Waals surface area contributed by atoms with Crippen molar-refractivity contribution >= 4 is 17.8 Å².